The molecule has 8 heteroatoms. The van der Waals surface area contributed by atoms with Crippen LogP contribution in [0.15, 0.2) is 12.1 Å². The third kappa shape index (κ3) is 3.57. The highest BCUT2D eigenvalue weighted by Crippen LogP contribution is 2.36. The van der Waals surface area contributed by atoms with Crippen molar-refractivity contribution < 1.29 is 14.8 Å². The number of carbonyl (C=O) groups is 1. The SMILES string of the molecule is O=C(O)C1CCCC1CNc1cc(Cl)c(Cl)cc1[N+](=O)[O-]. The number of benzene rings is 1. The Kier molecular flexibility index (Phi) is 4.90. The topological polar surface area (TPSA) is 92.5 Å². The summed E-state index contributed by atoms with van der Waals surface area (Å²) in [5, 5.41) is 23.4. The molecule has 1 aromatic carbocycles. The van der Waals surface area contributed by atoms with E-state index in [2.05, 4.69) is 5.32 Å². The summed E-state index contributed by atoms with van der Waals surface area (Å²) in [6.45, 7) is 0.357. The van der Waals surface area contributed by atoms with Crippen LogP contribution in [0.3, 0.4) is 0 Å². The molecule has 0 heterocycles. The van der Waals surface area contributed by atoms with E-state index in [-0.39, 0.29) is 27.3 Å². The van der Waals surface area contributed by atoms with E-state index in [4.69, 9.17) is 28.3 Å². The van der Waals surface area contributed by atoms with Crippen LogP contribution in [0.25, 0.3) is 0 Å². The van der Waals surface area contributed by atoms with E-state index >= 15 is 0 Å². The maximum atomic E-state index is 11.1. The van der Waals surface area contributed by atoms with Gasteiger partial charge in [0.25, 0.3) is 5.69 Å². The summed E-state index contributed by atoms with van der Waals surface area (Å²) in [6, 6.07) is 2.59. The lowest BCUT2D eigenvalue weighted by atomic mass is 9.96. The van der Waals surface area contributed by atoms with E-state index in [1.807, 2.05) is 0 Å². The highest BCUT2D eigenvalue weighted by molar-refractivity contribution is 6.42. The number of anilines is 1. The van der Waals surface area contributed by atoms with Crippen LogP contribution in [0.2, 0.25) is 10.0 Å². The summed E-state index contributed by atoms with van der Waals surface area (Å²) < 4.78 is 0. The van der Waals surface area contributed by atoms with Crippen molar-refractivity contribution in [1.29, 1.82) is 0 Å². The molecule has 2 atom stereocenters. The largest absolute Gasteiger partial charge is 0.481 e. The van der Waals surface area contributed by atoms with E-state index in [0.29, 0.717) is 13.0 Å². The number of carboxylic acid groups (broad SMARTS) is 1. The molecule has 1 fully saturated rings. The van der Waals surface area contributed by atoms with Gasteiger partial charge < -0.3 is 10.4 Å². The molecule has 1 aromatic rings. The smallest absolute Gasteiger partial charge is 0.306 e. The third-order valence-corrected chi connectivity index (χ3v) is 4.49. The predicted octanol–water partition coefficient (Wildman–Crippen LogP) is 3.81. The molecule has 1 saturated carbocycles. The first-order valence-corrected chi connectivity index (χ1v) is 7.26. The summed E-state index contributed by atoms with van der Waals surface area (Å²) in [7, 11) is 0. The number of nitro benzene ring substituents is 1. The van der Waals surface area contributed by atoms with Crippen molar-refractivity contribution in [1.82, 2.24) is 0 Å². The molecule has 1 aliphatic rings. The maximum absolute atomic E-state index is 11.1. The number of hydrogen-bond acceptors (Lipinski definition) is 4. The van der Waals surface area contributed by atoms with Gasteiger partial charge in [0.1, 0.15) is 5.69 Å². The number of aliphatic carboxylic acids is 1. The van der Waals surface area contributed by atoms with Gasteiger partial charge in [0, 0.05) is 12.6 Å². The van der Waals surface area contributed by atoms with Gasteiger partial charge in [-0.15, -0.1) is 0 Å². The molecular formula is C13H14Cl2N2O4. The minimum Gasteiger partial charge on any atom is -0.481 e. The summed E-state index contributed by atoms with van der Waals surface area (Å²) >= 11 is 11.7. The number of nitrogens with zero attached hydrogens (tertiary/aromatic N) is 1. The second-order valence-electron chi connectivity index (χ2n) is 5.06. The van der Waals surface area contributed by atoms with Crippen molar-refractivity contribution in [3.05, 3.63) is 32.3 Å². The highest BCUT2D eigenvalue weighted by atomic mass is 35.5. The second kappa shape index (κ2) is 6.49. The Bertz CT molecular complexity index is 580. The van der Waals surface area contributed by atoms with Crippen LogP contribution in [0.1, 0.15) is 19.3 Å². The standard InChI is InChI=1S/C13H14Cl2N2O4/c14-9-4-11(12(17(20)21)5-10(9)15)16-6-7-2-1-3-8(7)13(18)19/h4-5,7-8,16H,1-3,6H2,(H,18,19). The molecule has 114 valence electrons. The molecule has 0 aromatic heterocycles. The molecule has 0 saturated heterocycles. The van der Waals surface area contributed by atoms with Gasteiger partial charge in [-0.1, -0.05) is 29.6 Å². The van der Waals surface area contributed by atoms with Crippen LogP contribution in [-0.2, 0) is 4.79 Å². The fourth-order valence-electron chi connectivity index (χ4n) is 2.68. The summed E-state index contributed by atoms with van der Waals surface area (Å²) in [5.74, 6) is -1.26. The van der Waals surface area contributed by atoms with E-state index in [1.54, 1.807) is 0 Å². The molecule has 6 nitrogen and oxygen atoms in total. The molecule has 2 N–H and O–H groups in total. The average Bonchev–Trinajstić information content (AvgIpc) is 2.88. The fourth-order valence-corrected chi connectivity index (χ4v) is 3.00. The van der Waals surface area contributed by atoms with Gasteiger partial charge in [0.2, 0.25) is 0 Å². The van der Waals surface area contributed by atoms with E-state index < -0.39 is 16.8 Å². The first-order valence-electron chi connectivity index (χ1n) is 6.50. The fraction of sp³-hybridized carbons (Fsp3) is 0.462. The molecule has 2 rings (SSSR count). The van der Waals surface area contributed by atoms with Crippen LogP contribution in [0, 0.1) is 22.0 Å². The molecule has 0 spiro atoms. The van der Waals surface area contributed by atoms with Gasteiger partial charge in [0.05, 0.1) is 20.9 Å². The Morgan fingerprint density at radius 2 is 2.05 bits per heavy atom. The Balaban J connectivity index is 2.14. The Labute approximate surface area is 131 Å². The average molecular weight is 333 g/mol. The van der Waals surface area contributed by atoms with Gasteiger partial charge in [0.15, 0.2) is 0 Å². The van der Waals surface area contributed by atoms with Gasteiger partial charge >= 0.3 is 5.97 Å². The lowest BCUT2D eigenvalue weighted by molar-refractivity contribution is -0.383. The van der Waals surface area contributed by atoms with E-state index in [0.717, 1.165) is 12.8 Å². The van der Waals surface area contributed by atoms with Crippen LogP contribution in [-0.4, -0.2) is 22.5 Å². The van der Waals surface area contributed by atoms with E-state index in [9.17, 15) is 14.9 Å². The number of nitro groups is 1. The first-order chi connectivity index (χ1) is 9.90. The Morgan fingerprint density at radius 3 is 2.67 bits per heavy atom. The predicted molar refractivity (Wildman–Crippen MR) is 80.1 cm³/mol. The van der Waals surface area contributed by atoms with Crippen LogP contribution in [0.5, 0.6) is 0 Å². The number of halogens is 2. The first kappa shape index (κ1) is 15.9. The normalized spacial score (nSPS) is 21.2. The lowest BCUT2D eigenvalue weighted by Crippen LogP contribution is -2.24. The Hall–Kier alpha value is -1.53. The summed E-state index contributed by atoms with van der Waals surface area (Å²) in [6.07, 6.45) is 2.29. The zero-order valence-corrected chi connectivity index (χ0v) is 12.5. The van der Waals surface area contributed by atoms with E-state index in [1.165, 1.54) is 12.1 Å². The number of hydrogen-bond donors (Lipinski definition) is 2. The zero-order chi connectivity index (χ0) is 15.6. The minimum atomic E-state index is -0.817. The molecular weight excluding hydrogens is 319 g/mol. The maximum Gasteiger partial charge on any atom is 0.306 e. The molecule has 0 bridgehead atoms. The van der Waals surface area contributed by atoms with Gasteiger partial charge in [-0.3, -0.25) is 14.9 Å². The molecule has 2 unspecified atom stereocenters. The summed E-state index contributed by atoms with van der Waals surface area (Å²) in [5.41, 5.74) is 0.0831. The van der Waals surface area contributed by atoms with Crippen LogP contribution >= 0.6 is 23.2 Å². The number of rotatable bonds is 5. The molecule has 0 radical (unpaired) electrons. The van der Waals surface area contributed by atoms with Crippen molar-refractivity contribution in [3.63, 3.8) is 0 Å². The van der Waals surface area contributed by atoms with Gasteiger partial charge in [-0.25, -0.2) is 0 Å². The lowest BCUT2D eigenvalue weighted by Gasteiger charge is -2.17. The third-order valence-electron chi connectivity index (χ3n) is 3.77. The molecule has 0 amide bonds. The van der Waals surface area contributed by atoms with Gasteiger partial charge in [-0.05, 0) is 24.8 Å². The van der Waals surface area contributed by atoms with Crippen molar-refractivity contribution in [2.75, 3.05) is 11.9 Å². The van der Waals surface area contributed by atoms with Crippen molar-refractivity contribution in [2.24, 2.45) is 11.8 Å². The highest BCUT2D eigenvalue weighted by Gasteiger charge is 2.33. The van der Waals surface area contributed by atoms with Gasteiger partial charge in [-0.2, -0.15) is 0 Å². The van der Waals surface area contributed by atoms with Crippen molar-refractivity contribution in [2.45, 2.75) is 19.3 Å². The minimum absolute atomic E-state index is 0.0449. The number of nitrogens with one attached hydrogen (secondary N) is 1. The second-order valence-corrected chi connectivity index (χ2v) is 5.87. The molecule has 0 aliphatic heterocycles. The zero-order valence-electron chi connectivity index (χ0n) is 11.0. The Morgan fingerprint density at radius 1 is 1.38 bits per heavy atom. The van der Waals surface area contributed by atoms with Crippen LogP contribution in [0.4, 0.5) is 11.4 Å². The monoisotopic (exact) mass is 332 g/mol. The number of carboxylic acids is 1. The molecule has 21 heavy (non-hydrogen) atoms. The quantitative estimate of drug-likeness (QED) is 0.631. The molecule has 1 aliphatic carbocycles. The van der Waals surface area contributed by atoms with Crippen molar-refractivity contribution >= 4 is 40.5 Å². The summed E-state index contributed by atoms with van der Waals surface area (Å²) in [4.78, 5) is 21.6. The van der Waals surface area contributed by atoms with Crippen LogP contribution < -0.4 is 5.32 Å². The van der Waals surface area contributed by atoms with Crippen molar-refractivity contribution in [3.8, 4) is 0 Å².